The highest BCUT2D eigenvalue weighted by Crippen LogP contribution is 2.29. The zero-order valence-electron chi connectivity index (χ0n) is 11.1. The Morgan fingerprint density at radius 3 is 2.19 bits per heavy atom. The molecule has 0 aliphatic rings. The van der Waals surface area contributed by atoms with Gasteiger partial charge in [-0.2, -0.15) is 0 Å². The van der Waals surface area contributed by atoms with Crippen LogP contribution in [0.4, 0.5) is 0 Å². The van der Waals surface area contributed by atoms with E-state index in [4.69, 9.17) is 0 Å². The van der Waals surface area contributed by atoms with Crippen LogP contribution in [0.3, 0.4) is 0 Å². The van der Waals surface area contributed by atoms with Crippen molar-refractivity contribution in [3.05, 3.63) is 0 Å². The fourth-order valence-corrected chi connectivity index (χ4v) is 1.59. The third kappa shape index (κ3) is 5.46. The molecule has 16 heavy (non-hydrogen) atoms. The average Bonchev–Trinajstić information content (AvgIpc) is 2.15. The molecule has 0 fully saturated rings. The Kier molecular flexibility index (Phi) is 6.22. The highest BCUT2D eigenvalue weighted by Gasteiger charge is 2.24. The normalized spacial score (nSPS) is 13.0. The topological polar surface area (TPSA) is 32.3 Å². The highest BCUT2D eigenvalue weighted by atomic mass is 33.1. The summed E-state index contributed by atoms with van der Waals surface area (Å²) in [7, 11) is 3.54. The maximum atomic E-state index is 11.6. The number of nitrogens with one attached hydrogen (secondary N) is 1. The Bertz CT molecular complexity index is 237. The number of carbonyl (C=O) groups excluding carboxylic acids is 1. The molecule has 5 heteroatoms. The minimum Gasteiger partial charge on any atom is -0.354 e. The minimum atomic E-state index is -0.313. The molecule has 96 valence electrons. The molecule has 0 aliphatic heterocycles. The summed E-state index contributed by atoms with van der Waals surface area (Å²) in [5.41, 5.74) is -0.313. The van der Waals surface area contributed by atoms with Gasteiger partial charge >= 0.3 is 0 Å². The van der Waals surface area contributed by atoms with Gasteiger partial charge in [-0.1, -0.05) is 31.6 Å². The predicted octanol–water partition coefficient (Wildman–Crippen LogP) is 2.39. The van der Waals surface area contributed by atoms with Crippen molar-refractivity contribution < 1.29 is 4.79 Å². The number of hydrogen-bond donors (Lipinski definition) is 2. The van der Waals surface area contributed by atoms with Crippen LogP contribution in [-0.2, 0) is 4.79 Å². The van der Waals surface area contributed by atoms with Gasteiger partial charge in [0, 0.05) is 18.5 Å². The van der Waals surface area contributed by atoms with Crippen molar-refractivity contribution in [2.24, 2.45) is 5.41 Å². The van der Waals surface area contributed by atoms with Crippen molar-refractivity contribution in [3.63, 3.8) is 0 Å². The van der Waals surface area contributed by atoms with Crippen molar-refractivity contribution in [3.8, 4) is 0 Å². The van der Waals surface area contributed by atoms with Crippen LogP contribution < -0.4 is 5.32 Å². The molecule has 0 saturated carbocycles. The zero-order chi connectivity index (χ0) is 13.0. The molecule has 0 atom stereocenters. The number of carbonyl (C=O) groups is 1. The maximum Gasteiger partial charge on any atom is 0.225 e. The van der Waals surface area contributed by atoms with E-state index in [1.54, 1.807) is 0 Å². The molecule has 0 rings (SSSR count). The molecule has 0 saturated heterocycles. The Morgan fingerprint density at radius 1 is 1.31 bits per heavy atom. The Morgan fingerprint density at radius 2 is 1.81 bits per heavy atom. The van der Waals surface area contributed by atoms with Gasteiger partial charge < -0.3 is 5.32 Å². The average molecular weight is 264 g/mol. The van der Waals surface area contributed by atoms with Crippen LogP contribution in [0.1, 0.15) is 34.6 Å². The van der Waals surface area contributed by atoms with Gasteiger partial charge in [-0.3, -0.25) is 9.69 Å². The summed E-state index contributed by atoms with van der Waals surface area (Å²) >= 11 is 4.24. The number of nitrogens with zero attached hydrogens (tertiary/aromatic N) is 1. The first kappa shape index (κ1) is 16.1. The first-order valence-corrected chi connectivity index (χ1v) is 7.30. The molecular formula is C11H24N2OS2. The fourth-order valence-electron chi connectivity index (χ4n) is 0.941. The summed E-state index contributed by atoms with van der Waals surface area (Å²) in [5, 5.41) is 2.93. The summed E-state index contributed by atoms with van der Waals surface area (Å²) in [4.78, 5) is 13.8. The summed E-state index contributed by atoms with van der Waals surface area (Å²) in [6.07, 6.45) is 0. The molecule has 1 amide bonds. The van der Waals surface area contributed by atoms with Crippen LogP contribution in [0, 0.1) is 5.41 Å². The Balaban J connectivity index is 3.97. The molecule has 0 heterocycles. The van der Waals surface area contributed by atoms with Crippen LogP contribution in [-0.4, -0.2) is 35.8 Å². The molecule has 0 aromatic carbocycles. The SMILES string of the molecule is CN(CCNC(=O)C(C)(C)C)C(C)(C)SS. The van der Waals surface area contributed by atoms with Crippen LogP contribution >= 0.6 is 22.5 Å². The molecule has 1 N–H and O–H groups in total. The number of thiol groups is 1. The number of hydrogen-bond acceptors (Lipinski definition) is 4. The van der Waals surface area contributed by atoms with E-state index < -0.39 is 0 Å². The van der Waals surface area contributed by atoms with E-state index in [0.717, 1.165) is 6.54 Å². The Labute approximate surface area is 109 Å². The molecule has 0 bridgehead atoms. The van der Waals surface area contributed by atoms with Crippen LogP contribution in [0.5, 0.6) is 0 Å². The van der Waals surface area contributed by atoms with Crippen molar-refractivity contribution in [1.82, 2.24) is 10.2 Å². The van der Waals surface area contributed by atoms with Crippen LogP contribution in [0.2, 0.25) is 0 Å². The van der Waals surface area contributed by atoms with Gasteiger partial charge in [0.25, 0.3) is 0 Å². The van der Waals surface area contributed by atoms with Gasteiger partial charge in [-0.25, -0.2) is 0 Å². The summed E-state index contributed by atoms with van der Waals surface area (Å²) in [6, 6.07) is 0. The van der Waals surface area contributed by atoms with E-state index in [1.807, 2.05) is 27.8 Å². The minimum absolute atomic E-state index is 0.0183. The third-order valence-corrected chi connectivity index (χ3v) is 4.66. The van der Waals surface area contributed by atoms with Crippen molar-refractivity contribution >= 4 is 28.4 Å². The molecule has 0 aromatic rings. The predicted molar refractivity (Wildman–Crippen MR) is 75.8 cm³/mol. The first-order chi connectivity index (χ1) is 7.11. The van der Waals surface area contributed by atoms with Crippen molar-refractivity contribution in [2.45, 2.75) is 39.5 Å². The Hall–Kier alpha value is 0.130. The lowest BCUT2D eigenvalue weighted by atomic mass is 9.96. The smallest absolute Gasteiger partial charge is 0.225 e. The number of rotatable bonds is 5. The van der Waals surface area contributed by atoms with Gasteiger partial charge in [0.2, 0.25) is 5.91 Å². The lowest BCUT2D eigenvalue weighted by molar-refractivity contribution is -0.128. The van der Waals surface area contributed by atoms with Gasteiger partial charge in [0.15, 0.2) is 0 Å². The highest BCUT2D eigenvalue weighted by molar-refractivity contribution is 8.69. The second-order valence-corrected chi connectivity index (χ2v) is 7.19. The van der Waals surface area contributed by atoms with Crippen LogP contribution in [0.25, 0.3) is 0 Å². The van der Waals surface area contributed by atoms with Gasteiger partial charge in [0.05, 0.1) is 4.87 Å². The second kappa shape index (κ2) is 6.17. The molecule has 0 radical (unpaired) electrons. The summed E-state index contributed by atoms with van der Waals surface area (Å²) in [5.74, 6) is 0.0947. The zero-order valence-corrected chi connectivity index (χ0v) is 12.8. The van der Waals surface area contributed by atoms with E-state index in [1.165, 1.54) is 10.8 Å². The van der Waals surface area contributed by atoms with Crippen LogP contribution in [0.15, 0.2) is 0 Å². The second-order valence-electron chi connectivity index (χ2n) is 5.47. The lowest BCUT2D eigenvalue weighted by Gasteiger charge is -2.33. The third-order valence-electron chi connectivity index (χ3n) is 2.56. The molecule has 3 nitrogen and oxygen atoms in total. The standard InChI is InChI=1S/C11H24N2OS2/c1-10(2,3)9(14)12-7-8-13(6)11(4,5)16-15/h15H,7-8H2,1-6H3,(H,12,14). The quantitative estimate of drug-likeness (QED) is 0.454. The molecule has 0 spiro atoms. The molecule has 0 unspecified atom stereocenters. The molecule has 0 aliphatic carbocycles. The van der Waals surface area contributed by atoms with E-state index in [2.05, 4.69) is 35.7 Å². The molecular weight excluding hydrogens is 240 g/mol. The van der Waals surface area contributed by atoms with Gasteiger partial charge in [-0.05, 0) is 20.9 Å². The van der Waals surface area contributed by atoms with E-state index >= 15 is 0 Å². The monoisotopic (exact) mass is 264 g/mol. The van der Waals surface area contributed by atoms with Crippen molar-refractivity contribution in [1.29, 1.82) is 0 Å². The van der Waals surface area contributed by atoms with E-state index in [9.17, 15) is 4.79 Å². The van der Waals surface area contributed by atoms with Gasteiger partial charge in [0.1, 0.15) is 0 Å². The first-order valence-electron chi connectivity index (χ1n) is 5.43. The van der Waals surface area contributed by atoms with Gasteiger partial charge in [-0.15, -0.1) is 11.7 Å². The number of likely N-dealkylation sites (N-methyl/N-ethyl adjacent to an activating group) is 1. The lowest BCUT2D eigenvalue weighted by Crippen LogP contribution is -2.44. The fraction of sp³-hybridized carbons (Fsp3) is 0.909. The van der Waals surface area contributed by atoms with E-state index in [0.29, 0.717) is 6.54 Å². The largest absolute Gasteiger partial charge is 0.354 e. The maximum absolute atomic E-state index is 11.6. The van der Waals surface area contributed by atoms with Crippen molar-refractivity contribution in [2.75, 3.05) is 20.1 Å². The van der Waals surface area contributed by atoms with E-state index in [-0.39, 0.29) is 16.2 Å². The summed E-state index contributed by atoms with van der Waals surface area (Å²) in [6.45, 7) is 11.5. The number of amides is 1. The summed E-state index contributed by atoms with van der Waals surface area (Å²) < 4.78 is 0. The molecule has 0 aromatic heterocycles.